The predicted octanol–water partition coefficient (Wildman–Crippen LogP) is 4.33. The number of amides is 1. The van der Waals surface area contributed by atoms with Crippen molar-refractivity contribution in [3.8, 4) is 28.6 Å². The normalized spacial score (nSPS) is 15.6. The van der Waals surface area contributed by atoms with Gasteiger partial charge in [0.1, 0.15) is 11.9 Å². The first-order valence-corrected chi connectivity index (χ1v) is 12.9. The van der Waals surface area contributed by atoms with E-state index in [0.717, 1.165) is 67.4 Å². The number of halogens is 3. The number of carbonyl (C=O) groups excluding carboxylic acids is 1. The second-order valence-corrected chi connectivity index (χ2v) is 9.56. The third-order valence-corrected chi connectivity index (χ3v) is 6.80. The summed E-state index contributed by atoms with van der Waals surface area (Å²) >= 11 is 0. The van der Waals surface area contributed by atoms with Gasteiger partial charge in [0.25, 0.3) is 5.91 Å². The quantitative estimate of drug-likeness (QED) is 0.369. The molecule has 3 heterocycles. The molecule has 0 spiro atoms. The fraction of sp³-hybridized carbons (Fsp3) is 0.357. The SMILES string of the molecule is N#Cc1cc(-c2ccnc(-c3ccc(C(=O)NC4CCCC4)cc3)c2)[nH]c1N1CCNCC1.O=C(O)C(F)(F)F. The number of nitriles is 1. The molecule has 0 bridgehead atoms. The molecule has 2 aromatic heterocycles. The topological polar surface area (TPSA) is 134 Å². The second-order valence-electron chi connectivity index (χ2n) is 9.56. The Hall–Kier alpha value is -4.37. The molecule has 40 heavy (non-hydrogen) atoms. The van der Waals surface area contributed by atoms with Gasteiger partial charge in [-0.05, 0) is 43.2 Å². The second kappa shape index (κ2) is 12.7. The van der Waals surface area contributed by atoms with E-state index in [1.165, 1.54) is 12.8 Å². The average molecular weight is 555 g/mol. The summed E-state index contributed by atoms with van der Waals surface area (Å²) in [4.78, 5) is 31.6. The minimum Gasteiger partial charge on any atom is -0.475 e. The molecule has 0 unspecified atom stereocenters. The van der Waals surface area contributed by atoms with E-state index in [2.05, 4.69) is 31.6 Å². The number of carboxylic acids is 1. The summed E-state index contributed by atoms with van der Waals surface area (Å²) < 4.78 is 31.7. The van der Waals surface area contributed by atoms with Gasteiger partial charge < -0.3 is 25.6 Å². The van der Waals surface area contributed by atoms with Crippen molar-refractivity contribution in [1.29, 1.82) is 5.26 Å². The van der Waals surface area contributed by atoms with Crippen molar-refractivity contribution in [3.63, 3.8) is 0 Å². The molecule has 1 aromatic carbocycles. The third-order valence-electron chi connectivity index (χ3n) is 6.80. The zero-order valence-electron chi connectivity index (χ0n) is 21.6. The Balaban J connectivity index is 0.000000470. The van der Waals surface area contributed by atoms with Crippen LogP contribution >= 0.6 is 0 Å². The van der Waals surface area contributed by atoms with Crippen LogP contribution in [-0.4, -0.2) is 65.3 Å². The number of alkyl halides is 3. The van der Waals surface area contributed by atoms with E-state index in [9.17, 15) is 23.2 Å². The molecule has 0 radical (unpaired) electrons. The van der Waals surface area contributed by atoms with E-state index in [1.54, 1.807) is 6.20 Å². The molecule has 1 aliphatic carbocycles. The Kier molecular flexibility index (Phi) is 9.06. The number of aromatic nitrogens is 2. The number of aliphatic carboxylic acids is 1. The monoisotopic (exact) mass is 554 g/mol. The summed E-state index contributed by atoms with van der Waals surface area (Å²) in [5.74, 6) is -1.89. The van der Waals surface area contributed by atoms with E-state index in [4.69, 9.17) is 9.90 Å². The molecule has 210 valence electrons. The highest BCUT2D eigenvalue weighted by Crippen LogP contribution is 2.29. The molecule has 5 rings (SSSR count). The van der Waals surface area contributed by atoms with Crippen LogP contribution in [0.5, 0.6) is 0 Å². The fourth-order valence-electron chi connectivity index (χ4n) is 4.71. The first kappa shape index (κ1) is 28.6. The molecule has 1 amide bonds. The number of rotatable bonds is 5. The van der Waals surface area contributed by atoms with Crippen molar-refractivity contribution in [3.05, 3.63) is 59.8 Å². The van der Waals surface area contributed by atoms with E-state index in [-0.39, 0.29) is 5.91 Å². The molecular weight excluding hydrogens is 525 g/mol. The minimum atomic E-state index is -5.08. The van der Waals surface area contributed by atoms with E-state index in [1.807, 2.05) is 42.5 Å². The summed E-state index contributed by atoms with van der Waals surface area (Å²) in [6.45, 7) is 3.56. The number of pyridine rings is 1. The maximum atomic E-state index is 12.5. The van der Waals surface area contributed by atoms with Gasteiger partial charge in [0.2, 0.25) is 0 Å². The molecule has 1 aliphatic heterocycles. The Morgan fingerprint density at radius 2 is 1.70 bits per heavy atom. The van der Waals surface area contributed by atoms with Crippen molar-refractivity contribution < 1.29 is 27.9 Å². The number of carboxylic acid groups (broad SMARTS) is 1. The van der Waals surface area contributed by atoms with Gasteiger partial charge in [0.05, 0.1) is 11.3 Å². The van der Waals surface area contributed by atoms with Gasteiger partial charge in [-0.25, -0.2) is 4.79 Å². The number of carbonyl (C=O) groups is 2. The van der Waals surface area contributed by atoms with Gasteiger partial charge >= 0.3 is 12.1 Å². The van der Waals surface area contributed by atoms with Crippen LogP contribution in [0.1, 0.15) is 41.6 Å². The number of hydrogen-bond acceptors (Lipinski definition) is 6. The Morgan fingerprint density at radius 3 is 2.30 bits per heavy atom. The molecule has 4 N–H and O–H groups in total. The van der Waals surface area contributed by atoms with Crippen LogP contribution in [0, 0.1) is 11.3 Å². The maximum absolute atomic E-state index is 12.5. The zero-order chi connectivity index (χ0) is 28.7. The number of piperazine rings is 1. The van der Waals surface area contributed by atoms with E-state index < -0.39 is 12.1 Å². The number of hydrogen-bond donors (Lipinski definition) is 4. The van der Waals surface area contributed by atoms with Gasteiger partial charge in [-0.2, -0.15) is 18.4 Å². The summed E-state index contributed by atoms with van der Waals surface area (Å²) in [5, 5.41) is 23.2. The molecule has 3 aromatic rings. The highest BCUT2D eigenvalue weighted by Gasteiger charge is 2.38. The highest BCUT2D eigenvalue weighted by molar-refractivity contribution is 5.94. The van der Waals surface area contributed by atoms with Gasteiger partial charge in [-0.15, -0.1) is 0 Å². The van der Waals surface area contributed by atoms with Gasteiger partial charge in [0, 0.05) is 60.8 Å². The lowest BCUT2D eigenvalue weighted by atomic mass is 10.0. The highest BCUT2D eigenvalue weighted by atomic mass is 19.4. The number of aromatic amines is 1. The summed E-state index contributed by atoms with van der Waals surface area (Å²) in [5.41, 5.74) is 4.97. The van der Waals surface area contributed by atoms with Crippen molar-refractivity contribution in [1.82, 2.24) is 20.6 Å². The van der Waals surface area contributed by atoms with E-state index in [0.29, 0.717) is 17.2 Å². The van der Waals surface area contributed by atoms with Crippen molar-refractivity contribution >= 4 is 17.7 Å². The Labute approximate surface area is 229 Å². The van der Waals surface area contributed by atoms with Crippen LogP contribution < -0.4 is 15.5 Å². The van der Waals surface area contributed by atoms with Crippen LogP contribution in [0.4, 0.5) is 19.0 Å². The number of nitrogens with zero attached hydrogens (tertiary/aromatic N) is 3. The van der Waals surface area contributed by atoms with Crippen LogP contribution in [0.2, 0.25) is 0 Å². The Morgan fingerprint density at radius 1 is 1.05 bits per heavy atom. The molecule has 0 atom stereocenters. The van der Waals surface area contributed by atoms with Crippen molar-refractivity contribution in [2.45, 2.75) is 37.9 Å². The average Bonchev–Trinajstić information content (AvgIpc) is 3.64. The van der Waals surface area contributed by atoms with Gasteiger partial charge in [-0.3, -0.25) is 9.78 Å². The number of benzene rings is 1. The molecule has 1 saturated carbocycles. The predicted molar refractivity (Wildman–Crippen MR) is 143 cm³/mol. The fourth-order valence-corrected chi connectivity index (χ4v) is 4.71. The van der Waals surface area contributed by atoms with E-state index >= 15 is 0 Å². The molecule has 12 heteroatoms. The number of anilines is 1. The smallest absolute Gasteiger partial charge is 0.475 e. The molecule has 2 fully saturated rings. The summed E-state index contributed by atoms with van der Waals surface area (Å²) in [6.07, 6.45) is 1.23. The zero-order valence-corrected chi connectivity index (χ0v) is 21.6. The molecule has 2 aliphatic rings. The van der Waals surface area contributed by atoms with Gasteiger partial charge in [-0.1, -0.05) is 25.0 Å². The standard InChI is InChI=1S/C26H28N6O.C2HF3O2/c27-17-21-16-24(31-25(21)32-13-11-28-12-14-32)20-9-10-29-23(15-20)18-5-7-19(8-6-18)26(33)30-22-3-1-2-4-22;3-2(4,5)1(6)7/h5-10,15-16,22,28,31H,1-4,11-14H2,(H,30,33);(H,6,7). The van der Waals surface area contributed by atoms with Crippen LogP contribution in [0.3, 0.4) is 0 Å². The lowest BCUT2D eigenvalue weighted by Gasteiger charge is -2.28. The minimum absolute atomic E-state index is 0.00831. The largest absolute Gasteiger partial charge is 0.490 e. The summed E-state index contributed by atoms with van der Waals surface area (Å²) in [7, 11) is 0. The number of nitrogens with one attached hydrogen (secondary N) is 3. The van der Waals surface area contributed by atoms with Crippen LogP contribution in [0.25, 0.3) is 22.5 Å². The molecule has 9 nitrogen and oxygen atoms in total. The molecular formula is C28H29F3N6O3. The third kappa shape index (κ3) is 7.18. The van der Waals surface area contributed by atoms with Crippen molar-refractivity contribution in [2.24, 2.45) is 0 Å². The van der Waals surface area contributed by atoms with Crippen molar-refractivity contribution in [2.75, 3.05) is 31.1 Å². The maximum Gasteiger partial charge on any atom is 0.490 e. The molecule has 1 saturated heterocycles. The Bertz CT molecular complexity index is 1370. The van der Waals surface area contributed by atoms with Crippen LogP contribution in [0.15, 0.2) is 48.7 Å². The number of H-pyrrole nitrogens is 1. The summed E-state index contributed by atoms with van der Waals surface area (Å²) in [6, 6.07) is 16.1. The lowest BCUT2D eigenvalue weighted by Crippen LogP contribution is -2.44. The first-order valence-electron chi connectivity index (χ1n) is 12.9. The first-order chi connectivity index (χ1) is 19.2. The van der Waals surface area contributed by atoms with Gasteiger partial charge in [0.15, 0.2) is 0 Å². The van der Waals surface area contributed by atoms with Crippen LogP contribution in [-0.2, 0) is 4.79 Å². The lowest BCUT2D eigenvalue weighted by molar-refractivity contribution is -0.192.